The number of halogens is 6. The zero-order valence-electron chi connectivity index (χ0n) is 9.05. The Morgan fingerprint density at radius 1 is 0.722 bits per heavy atom. The highest BCUT2D eigenvalue weighted by Gasteiger charge is 2.25. The fourth-order valence-electron chi connectivity index (χ4n) is 1.82. The SMILES string of the molecule is CCc1c(F)c(F)c2c(F)cc(F)c(F)c2c1F. The fraction of sp³-hybridized carbons (Fsp3) is 0.167. The van der Waals surface area contributed by atoms with E-state index < -0.39 is 51.2 Å². The van der Waals surface area contributed by atoms with Crippen LogP contribution in [0.5, 0.6) is 0 Å². The molecule has 0 aliphatic heterocycles. The van der Waals surface area contributed by atoms with Crippen LogP contribution in [0.1, 0.15) is 12.5 Å². The maximum atomic E-state index is 13.8. The minimum atomic E-state index is -1.74. The standard InChI is InChI=1S/C12H6F6/c1-2-4-9(15)8-7(12(18)10(4)16)5(13)3-6(14)11(8)17/h3H,2H2,1H3. The van der Waals surface area contributed by atoms with E-state index in [4.69, 9.17) is 0 Å². The lowest BCUT2D eigenvalue weighted by molar-refractivity contribution is 0.473. The number of hydrogen-bond acceptors (Lipinski definition) is 0. The van der Waals surface area contributed by atoms with Crippen LogP contribution in [0, 0.1) is 34.9 Å². The second kappa shape index (κ2) is 4.19. The van der Waals surface area contributed by atoms with E-state index in [2.05, 4.69) is 0 Å². The van der Waals surface area contributed by atoms with E-state index in [1.54, 1.807) is 0 Å². The smallest absolute Gasteiger partial charge is 0.170 e. The summed E-state index contributed by atoms with van der Waals surface area (Å²) in [4.78, 5) is 0. The molecule has 0 atom stereocenters. The second-order valence-corrected chi connectivity index (χ2v) is 3.68. The van der Waals surface area contributed by atoms with Gasteiger partial charge in [-0.05, 0) is 6.42 Å². The van der Waals surface area contributed by atoms with E-state index in [9.17, 15) is 26.3 Å². The topological polar surface area (TPSA) is 0 Å². The first-order chi connectivity index (χ1) is 8.40. The quantitative estimate of drug-likeness (QED) is 0.534. The van der Waals surface area contributed by atoms with Gasteiger partial charge in [-0.3, -0.25) is 0 Å². The van der Waals surface area contributed by atoms with Gasteiger partial charge in [0.25, 0.3) is 0 Å². The van der Waals surface area contributed by atoms with E-state index in [0.717, 1.165) is 0 Å². The molecule has 0 fully saturated rings. The maximum Gasteiger partial charge on any atom is 0.170 e. The Labute approximate surface area is 97.8 Å². The molecule has 0 bridgehead atoms. The van der Waals surface area contributed by atoms with Crippen molar-refractivity contribution in [3.63, 3.8) is 0 Å². The molecule has 18 heavy (non-hydrogen) atoms. The molecule has 0 N–H and O–H groups in total. The molecular formula is C12H6F6. The molecule has 2 aromatic carbocycles. The van der Waals surface area contributed by atoms with Crippen molar-refractivity contribution in [1.82, 2.24) is 0 Å². The average molecular weight is 264 g/mol. The molecule has 0 nitrogen and oxygen atoms in total. The summed E-state index contributed by atoms with van der Waals surface area (Å²) in [7, 11) is 0. The third kappa shape index (κ3) is 1.55. The molecule has 6 heteroatoms. The van der Waals surface area contributed by atoms with Crippen molar-refractivity contribution in [3.8, 4) is 0 Å². The number of rotatable bonds is 1. The predicted molar refractivity (Wildman–Crippen MR) is 53.1 cm³/mol. The lowest BCUT2D eigenvalue weighted by atomic mass is 10.0. The van der Waals surface area contributed by atoms with Crippen molar-refractivity contribution >= 4 is 10.8 Å². The van der Waals surface area contributed by atoms with Gasteiger partial charge < -0.3 is 0 Å². The Bertz CT molecular complexity index is 647. The first kappa shape index (κ1) is 12.7. The van der Waals surface area contributed by atoms with Crippen molar-refractivity contribution in [2.45, 2.75) is 13.3 Å². The van der Waals surface area contributed by atoms with Gasteiger partial charge in [0.05, 0.1) is 10.8 Å². The largest absolute Gasteiger partial charge is 0.206 e. The first-order valence-electron chi connectivity index (χ1n) is 5.02. The van der Waals surface area contributed by atoms with Crippen LogP contribution in [0.15, 0.2) is 6.07 Å². The summed E-state index contributed by atoms with van der Waals surface area (Å²) in [5.41, 5.74) is -0.746. The Balaban J connectivity index is 3.12. The van der Waals surface area contributed by atoms with E-state index >= 15 is 0 Å². The summed E-state index contributed by atoms with van der Waals surface area (Å²) in [6.07, 6.45) is -0.276. The summed E-state index contributed by atoms with van der Waals surface area (Å²) in [6.45, 7) is 1.31. The molecule has 0 unspecified atom stereocenters. The van der Waals surface area contributed by atoms with Crippen LogP contribution in [-0.2, 0) is 6.42 Å². The van der Waals surface area contributed by atoms with Crippen molar-refractivity contribution in [3.05, 3.63) is 46.5 Å². The third-order valence-corrected chi connectivity index (χ3v) is 2.69. The van der Waals surface area contributed by atoms with Crippen molar-refractivity contribution in [1.29, 1.82) is 0 Å². The molecule has 0 saturated carbocycles. The number of benzene rings is 2. The second-order valence-electron chi connectivity index (χ2n) is 3.68. The molecule has 2 aromatic rings. The van der Waals surface area contributed by atoms with E-state index in [-0.39, 0.29) is 12.5 Å². The van der Waals surface area contributed by atoms with Crippen LogP contribution in [0.3, 0.4) is 0 Å². The highest BCUT2D eigenvalue weighted by atomic mass is 19.2. The average Bonchev–Trinajstić information content (AvgIpc) is 2.31. The van der Waals surface area contributed by atoms with Gasteiger partial charge in [-0.1, -0.05) is 6.92 Å². The van der Waals surface area contributed by atoms with Crippen molar-refractivity contribution in [2.75, 3.05) is 0 Å². The molecule has 0 radical (unpaired) electrons. The van der Waals surface area contributed by atoms with Gasteiger partial charge in [-0.25, -0.2) is 26.3 Å². The van der Waals surface area contributed by atoms with Crippen LogP contribution in [0.4, 0.5) is 26.3 Å². The first-order valence-corrected chi connectivity index (χ1v) is 5.02. The third-order valence-electron chi connectivity index (χ3n) is 2.69. The van der Waals surface area contributed by atoms with Gasteiger partial charge in [0.1, 0.15) is 11.6 Å². The monoisotopic (exact) mass is 264 g/mol. The van der Waals surface area contributed by atoms with E-state index in [0.29, 0.717) is 0 Å². The molecular weight excluding hydrogens is 258 g/mol. The zero-order chi connectivity index (χ0) is 13.6. The Kier molecular flexibility index (Phi) is 2.96. The van der Waals surface area contributed by atoms with Gasteiger partial charge >= 0.3 is 0 Å². The summed E-state index contributed by atoms with van der Waals surface area (Å²) in [5.74, 6) is -9.75. The minimum absolute atomic E-state index is 0.0469. The molecule has 2 rings (SSSR count). The zero-order valence-corrected chi connectivity index (χ0v) is 9.05. The van der Waals surface area contributed by atoms with Gasteiger partial charge in [0.2, 0.25) is 0 Å². The van der Waals surface area contributed by atoms with E-state index in [1.165, 1.54) is 6.92 Å². The minimum Gasteiger partial charge on any atom is -0.206 e. The fourth-order valence-corrected chi connectivity index (χ4v) is 1.82. The summed E-state index contributed by atoms with van der Waals surface area (Å²) < 4.78 is 80.3. The highest BCUT2D eigenvalue weighted by molar-refractivity contribution is 5.86. The molecule has 0 spiro atoms. The van der Waals surface area contributed by atoms with Crippen LogP contribution < -0.4 is 0 Å². The van der Waals surface area contributed by atoms with Gasteiger partial charge in [0.15, 0.2) is 23.3 Å². The summed E-state index contributed by atoms with van der Waals surface area (Å²) in [6, 6.07) is 0.0469. The molecule has 0 aliphatic carbocycles. The van der Waals surface area contributed by atoms with Crippen LogP contribution >= 0.6 is 0 Å². The lowest BCUT2D eigenvalue weighted by Crippen LogP contribution is -2.04. The van der Waals surface area contributed by atoms with Gasteiger partial charge in [-0.2, -0.15) is 0 Å². The molecule has 0 saturated heterocycles. The molecule has 0 heterocycles. The molecule has 0 aliphatic rings. The Morgan fingerprint density at radius 2 is 1.33 bits per heavy atom. The van der Waals surface area contributed by atoms with Gasteiger partial charge in [0, 0.05) is 11.6 Å². The van der Waals surface area contributed by atoms with Crippen LogP contribution in [0.2, 0.25) is 0 Å². The van der Waals surface area contributed by atoms with Crippen LogP contribution in [-0.4, -0.2) is 0 Å². The number of hydrogen-bond donors (Lipinski definition) is 0. The normalized spacial score (nSPS) is 11.3. The Hall–Kier alpha value is -1.72. The van der Waals surface area contributed by atoms with Crippen molar-refractivity contribution < 1.29 is 26.3 Å². The molecule has 0 aromatic heterocycles. The Morgan fingerprint density at radius 3 is 1.89 bits per heavy atom. The predicted octanol–water partition coefficient (Wildman–Crippen LogP) is 4.24. The lowest BCUT2D eigenvalue weighted by Gasteiger charge is -2.10. The van der Waals surface area contributed by atoms with E-state index in [1.807, 2.05) is 0 Å². The molecule has 0 amide bonds. The number of fused-ring (bicyclic) bond motifs is 1. The van der Waals surface area contributed by atoms with Gasteiger partial charge in [-0.15, -0.1) is 0 Å². The summed E-state index contributed by atoms with van der Waals surface area (Å²) in [5, 5.41) is -2.43. The maximum absolute atomic E-state index is 13.8. The highest BCUT2D eigenvalue weighted by Crippen LogP contribution is 2.32. The van der Waals surface area contributed by atoms with Crippen molar-refractivity contribution in [2.24, 2.45) is 0 Å². The summed E-state index contributed by atoms with van der Waals surface area (Å²) >= 11 is 0. The van der Waals surface area contributed by atoms with Crippen LogP contribution in [0.25, 0.3) is 10.8 Å². The molecule has 96 valence electrons.